The van der Waals surface area contributed by atoms with Crippen LogP contribution >= 0.6 is 0 Å². The second-order valence-electron chi connectivity index (χ2n) is 6.65. The highest BCUT2D eigenvalue weighted by Gasteiger charge is 2.14. The Morgan fingerprint density at radius 3 is 2.24 bits per heavy atom. The average Bonchev–Trinajstić information content (AvgIpc) is 2.71. The molecule has 5 nitrogen and oxygen atoms in total. The number of hydrogen-bond donors (Lipinski definition) is 2. The SMILES string of the molecule is Cc1ccc(C(=O)NCc2cccc(S(=O)(=O)NCc3cccc(F)c3)c2)cc1. The quantitative estimate of drug-likeness (QED) is 0.623. The third-order valence-electron chi connectivity index (χ3n) is 4.33. The Bertz CT molecular complexity index is 1110. The Labute approximate surface area is 169 Å². The third-order valence-corrected chi connectivity index (χ3v) is 5.73. The van der Waals surface area contributed by atoms with Gasteiger partial charge in [0, 0.05) is 18.7 Å². The highest BCUT2D eigenvalue weighted by atomic mass is 32.2. The van der Waals surface area contributed by atoms with Crippen LogP contribution in [0, 0.1) is 12.7 Å². The van der Waals surface area contributed by atoms with E-state index < -0.39 is 15.8 Å². The number of rotatable bonds is 7. The lowest BCUT2D eigenvalue weighted by molar-refractivity contribution is 0.0951. The van der Waals surface area contributed by atoms with Gasteiger partial charge in [-0.15, -0.1) is 0 Å². The second-order valence-corrected chi connectivity index (χ2v) is 8.42. The molecule has 0 spiro atoms. The largest absolute Gasteiger partial charge is 0.348 e. The van der Waals surface area contributed by atoms with Gasteiger partial charge in [0.2, 0.25) is 10.0 Å². The van der Waals surface area contributed by atoms with Crippen LogP contribution in [0.4, 0.5) is 4.39 Å². The molecular weight excluding hydrogens is 391 g/mol. The Kier molecular flexibility index (Phi) is 6.41. The number of amides is 1. The molecule has 0 saturated carbocycles. The maximum Gasteiger partial charge on any atom is 0.251 e. The molecule has 3 rings (SSSR count). The standard InChI is InChI=1S/C22H21FN2O3S/c1-16-8-10-19(11-9-16)22(26)24-14-18-5-3-7-21(13-18)29(27,28)25-15-17-4-2-6-20(23)12-17/h2-13,25H,14-15H2,1H3,(H,24,26). The number of aryl methyl sites for hydroxylation is 1. The normalized spacial score (nSPS) is 11.2. The summed E-state index contributed by atoms with van der Waals surface area (Å²) in [7, 11) is -3.77. The summed E-state index contributed by atoms with van der Waals surface area (Å²) in [5, 5.41) is 2.78. The maximum absolute atomic E-state index is 13.2. The fourth-order valence-electron chi connectivity index (χ4n) is 2.72. The van der Waals surface area contributed by atoms with E-state index in [1.165, 1.54) is 30.3 Å². The van der Waals surface area contributed by atoms with Crippen molar-refractivity contribution in [3.63, 3.8) is 0 Å². The topological polar surface area (TPSA) is 75.3 Å². The van der Waals surface area contributed by atoms with E-state index >= 15 is 0 Å². The summed E-state index contributed by atoms with van der Waals surface area (Å²) in [6.45, 7) is 2.12. The van der Waals surface area contributed by atoms with Crippen LogP contribution in [0.2, 0.25) is 0 Å². The molecule has 0 atom stereocenters. The lowest BCUT2D eigenvalue weighted by Gasteiger charge is -2.10. The monoisotopic (exact) mass is 412 g/mol. The molecule has 0 aliphatic carbocycles. The van der Waals surface area contributed by atoms with Crippen molar-refractivity contribution >= 4 is 15.9 Å². The van der Waals surface area contributed by atoms with E-state index in [0.717, 1.165) is 5.56 Å². The molecule has 1 amide bonds. The summed E-state index contributed by atoms with van der Waals surface area (Å²) in [4.78, 5) is 12.3. The fourth-order valence-corrected chi connectivity index (χ4v) is 3.81. The van der Waals surface area contributed by atoms with Gasteiger partial charge in [-0.3, -0.25) is 4.79 Å². The van der Waals surface area contributed by atoms with Gasteiger partial charge in [0.25, 0.3) is 5.91 Å². The Morgan fingerprint density at radius 2 is 1.55 bits per heavy atom. The first-order valence-electron chi connectivity index (χ1n) is 9.01. The van der Waals surface area contributed by atoms with E-state index in [2.05, 4.69) is 10.0 Å². The predicted octanol–water partition coefficient (Wildman–Crippen LogP) is 3.54. The second kappa shape index (κ2) is 8.98. The van der Waals surface area contributed by atoms with Crippen molar-refractivity contribution < 1.29 is 17.6 Å². The zero-order valence-electron chi connectivity index (χ0n) is 15.9. The number of benzene rings is 3. The van der Waals surface area contributed by atoms with E-state index in [9.17, 15) is 17.6 Å². The summed E-state index contributed by atoms with van der Waals surface area (Å²) in [6.07, 6.45) is 0. The van der Waals surface area contributed by atoms with Crippen molar-refractivity contribution in [1.29, 1.82) is 0 Å². The fraction of sp³-hybridized carbons (Fsp3) is 0.136. The molecule has 0 fully saturated rings. The van der Waals surface area contributed by atoms with E-state index in [-0.39, 0.29) is 23.9 Å². The zero-order chi connectivity index (χ0) is 20.9. The van der Waals surface area contributed by atoms with Gasteiger partial charge < -0.3 is 5.32 Å². The number of carbonyl (C=O) groups excluding carboxylic acids is 1. The minimum atomic E-state index is -3.77. The average molecular weight is 412 g/mol. The highest BCUT2D eigenvalue weighted by molar-refractivity contribution is 7.89. The number of halogens is 1. The lowest BCUT2D eigenvalue weighted by atomic mass is 10.1. The summed E-state index contributed by atoms with van der Waals surface area (Å²) < 4.78 is 40.8. The minimum absolute atomic E-state index is 0.0194. The molecular formula is C22H21FN2O3S. The lowest BCUT2D eigenvalue weighted by Crippen LogP contribution is -2.24. The molecule has 29 heavy (non-hydrogen) atoms. The highest BCUT2D eigenvalue weighted by Crippen LogP contribution is 2.13. The molecule has 0 heterocycles. The molecule has 0 unspecified atom stereocenters. The molecule has 0 radical (unpaired) electrons. The van der Waals surface area contributed by atoms with Crippen LogP contribution in [0.1, 0.15) is 27.0 Å². The molecule has 3 aromatic rings. The first-order valence-corrected chi connectivity index (χ1v) is 10.5. The van der Waals surface area contributed by atoms with Gasteiger partial charge in [-0.05, 0) is 54.4 Å². The van der Waals surface area contributed by atoms with Gasteiger partial charge in [0.15, 0.2) is 0 Å². The van der Waals surface area contributed by atoms with Gasteiger partial charge in [0.1, 0.15) is 5.82 Å². The van der Waals surface area contributed by atoms with Gasteiger partial charge in [-0.1, -0.05) is 42.0 Å². The van der Waals surface area contributed by atoms with E-state index in [0.29, 0.717) is 16.7 Å². The molecule has 0 saturated heterocycles. The molecule has 0 bridgehead atoms. The van der Waals surface area contributed by atoms with Gasteiger partial charge in [-0.2, -0.15) is 0 Å². The Morgan fingerprint density at radius 1 is 0.897 bits per heavy atom. The maximum atomic E-state index is 13.2. The predicted molar refractivity (Wildman–Crippen MR) is 109 cm³/mol. The van der Waals surface area contributed by atoms with E-state index in [1.54, 1.807) is 30.3 Å². The summed E-state index contributed by atoms with van der Waals surface area (Å²) in [5.41, 5.74) is 2.77. The van der Waals surface area contributed by atoms with Crippen LogP contribution in [0.5, 0.6) is 0 Å². The first kappa shape index (κ1) is 20.7. The van der Waals surface area contributed by atoms with Crippen molar-refractivity contribution in [2.45, 2.75) is 24.9 Å². The summed E-state index contributed by atoms with van der Waals surface area (Å²) in [5.74, 6) is -0.657. The van der Waals surface area contributed by atoms with Crippen LogP contribution in [-0.4, -0.2) is 14.3 Å². The van der Waals surface area contributed by atoms with Crippen molar-refractivity contribution in [3.8, 4) is 0 Å². The van der Waals surface area contributed by atoms with Gasteiger partial charge >= 0.3 is 0 Å². The zero-order valence-corrected chi connectivity index (χ0v) is 16.7. The molecule has 0 aliphatic rings. The number of sulfonamides is 1. The number of nitrogens with one attached hydrogen (secondary N) is 2. The van der Waals surface area contributed by atoms with E-state index in [4.69, 9.17) is 0 Å². The van der Waals surface area contributed by atoms with Crippen LogP contribution in [0.25, 0.3) is 0 Å². The van der Waals surface area contributed by atoms with E-state index in [1.807, 2.05) is 19.1 Å². The van der Waals surface area contributed by atoms with Crippen molar-refractivity contribution in [2.75, 3.05) is 0 Å². The molecule has 0 aliphatic heterocycles. The summed E-state index contributed by atoms with van der Waals surface area (Å²) in [6, 6.07) is 19.3. The molecule has 7 heteroatoms. The summed E-state index contributed by atoms with van der Waals surface area (Å²) >= 11 is 0. The number of hydrogen-bond acceptors (Lipinski definition) is 3. The van der Waals surface area contributed by atoms with Crippen LogP contribution in [0.15, 0.2) is 77.7 Å². The van der Waals surface area contributed by atoms with Gasteiger partial charge in [-0.25, -0.2) is 17.5 Å². The van der Waals surface area contributed by atoms with Crippen LogP contribution in [0.3, 0.4) is 0 Å². The van der Waals surface area contributed by atoms with Crippen LogP contribution < -0.4 is 10.0 Å². The smallest absolute Gasteiger partial charge is 0.251 e. The minimum Gasteiger partial charge on any atom is -0.348 e. The third kappa shape index (κ3) is 5.73. The first-order chi connectivity index (χ1) is 13.8. The van der Waals surface area contributed by atoms with Crippen molar-refractivity contribution in [1.82, 2.24) is 10.0 Å². The molecule has 2 N–H and O–H groups in total. The Balaban J connectivity index is 1.64. The molecule has 0 aromatic heterocycles. The van der Waals surface area contributed by atoms with Crippen molar-refractivity contribution in [2.24, 2.45) is 0 Å². The van der Waals surface area contributed by atoms with Crippen LogP contribution in [-0.2, 0) is 23.1 Å². The molecule has 3 aromatic carbocycles. The number of carbonyl (C=O) groups is 1. The Hall–Kier alpha value is -3.03. The molecule has 150 valence electrons. The van der Waals surface area contributed by atoms with Gasteiger partial charge in [0.05, 0.1) is 4.90 Å². The van der Waals surface area contributed by atoms with Crippen molar-refractivity contribution in [3.05, 3.63) is 101 Å².